The molecule has 2 aromatic heterocycles. The second kappa shape index (κ2) is 12.3. The first kappa shape index (κ1) is 28.0. The van der Waals surface area contributed by atoms with Gasteiger partial charge >= 0.3 is 13.7 Å². The summed E-state index contributed by atoms with van der Waals surface area (Å²) in [7, 11) is -3.93. The van der Waals surface area contributed by atoms with Crippen molar-refractivity contribution in [2.45, 2.75) is 58.2 Å². The molecule has 1 aromatic carbocycles. The number of aromatic nitrogens is 3. The van der Waals surface area contributed by atoms with Gasteiger partial charge in [-0.3, -0.25) is 9.32 Å². The minimum absolute atomic E-state index is 0.00404. The minimum Gasteiger partial charge on any atom is -0.464 e. The van der Waals surface area contributed by atoms with Gasteiger partial charge in [-0.2, -0.15) is 5.10 Å². The molecule has 11 nitrogen and oxygen atoms in total. The Bertz CT molecular complexity index is 1270. The van der Waals surface area contributed by atoms with E-state index < -0.39 is 19.3 Å². The molecule has 4 rings (SSSR count). The van der Waals surface area contributed by atoms with E-state index in [9.17, 15) is 9.36 Å². The molecule has 3 N–H and O–H groups in total. The summed E-state index contributed by atoms with van der Waals surface area (Å²) in [6.45, 7) is 6.07. The van der Waals surface area contributed by atoms with Crippen LogP contribution in [0.5, 0.6) is 5.75 Å². The van der Waals surface area contributed by atoms with Crippen LogP contribution in [0.15, 0.2) is 48.8 Å². The summed E-state index contributed by atoms with van der Waals surface area (Å²) >= 11 is 0. The summed E-state index contributed by atoms with van der Waals surface area (Å²) in [5, 5.41) is 6.98. The quantitative estimate of drug-likeness (QED) is 0.233. The van der Waals surface area contributed by atoms with Crippen molar-refractivity contribution in [1.29, 1.82) is 0 Å². The number of nitrogens with zero attached hydrogens (tertiary/aromatic N) is 3. The van der Waals surface area contributed by atoms with Gasteiger partial charge in [-0.1, -0.05) is 44.9 Å². The van der Waals surface area contributed by atoms with Gasteiger partial charge in [0, 0.05) is 0 Å². The van der Waals surface area contributed by atoms with Gasteiger partial charge in [0.1, 0.15) is 29.7 Å². The first-order chi connectivity index (χ1) is 18.2. The van der Waals surface area contributed by atoms with Crippen LogP contribution in [-0.4, -0.2) is 46.4 Å². The molecule has 3 atom stereocenters. The van der Waals surface area contributed by atoms with Crippen LogP contribution in [0.4, 0.5) is 5.82 Å². The smallest absolute Gasteiger partial charge is 0.459 e. The highest BCUT2D eigenvalue weighted by Crippen LogP contribution is 2.46. The predicted molar refractivity (Wildman–Crippen MR) is 143 cm³/mol. The lowest BCUT2D eigenvalue weighted by atomic mass is 9.98. The van der Waals surface area contributed by atoms with Gasteiger partial charge in [-0.25, -0.2) is 19.2 Å². The molecule has 3 aromatic rings. The van der Waals surface area contributed by atoms with Gasteiger partial charge < -0.3 is 19.7 Å². The number of ether oxygens (including phenoxy) is 2. The summed E-state index contributed by atoms with van der Waals surface area (Å²) < 4.78 is 38.6. The van der Waals surface area contributed by atoms with Crippen molar-refractivity contribution < 1.29 is 27.9 Å². The van der Waals surface area contributed by atoms with Gasteiger partial charge in [0.15, 0.2) is 5.82 Å². The fraction of sp³-hybridized carbons (Fsp3) is 0.500. The molecule has 0 saturated carbocycles. The average Bonchev–Trinajstić information content (AvgIpc) is 3.53. The molecule has 1 fully saturated rings. The fourth-order valence-corrected chi connectivity index (χ4v) is 5.73. The highest BCUT2D eigenvalue weighted by Gasteiger charge is 2.41. The number of nitrogens with two attached hydrogens (primary N) is 1. The maximum Gasteiger partial charge on any atom is 0.459 e. The number of carbonyl (C=O) groups excluding carboxylic acids is 1. The molecule has 3 heterocycles. The zero-order valence-corrected chi connectivity index (χ0v) is 22.9. The van der Waals surface area contributed by atoms with Crippen LogP contribution in [-0.2, 0) is 29.0 Å². The molecule has 1 aliphatic rings. The summed E-state index contributed by atoms with van der Waals surface area (Å²) in [5.41, 5.74) is 6.86. The summed E-state index contributed by atoms with van der Waals surface area (Å²) in [4.78, 5) is 16.4. The summed E-state index contributed by atoms with van der Waals surface area (Å²) in [6.07, 6.45) is 4.22. The van der Waals surface area contributed by atoms with E-state index in [-0.39, 0.29) is 25.2 Å². The SMILES string of the molecule is CCC(CC)COC(=O)CNP(=O)(OC[C@@H]1CC[C@](C)(c2ccc3c(N)ncnn23)O1)Oc1ccccc1. The van der Waals surface area contributed by atoms with Gasteiger partial charge in [-0.05, 0) is 49.9 Å². The average molecular weight is 546 g/mol. The highest BCUT2D eigenvalue weighted by atomic mass is 31.2. The Morgan fingerprint density at radius 1 is 1.26 bits per heavy atom. The second-order valence-corrected chi connectivity index (χ2v) is 11.3. The molecule has 0 spiro atoms. The molecule has 1 aliphatic heterocycles. The van der Waals surface area contributed by atoms with E-state index in [0.717, 1.165) is 18.5 Å². The Morgan fingerprint density at radius 3 is 2.76 bits per heavy atom. The predicted octanol–water partition coefficient (Wildman–Crippen LogP) is 4.48. The molecule has 0 amide bonds. The van der Waals surface area contributed by atoms with Crippen molar-refractivity contribution in [2.24, 2.45) is 5.92 Å². The van der Waals surface area contributed by atoms with E-state index >= 15 is 0 Å². The van der Waals surface area contributed by atoms with E-state index in [1.54, 1.807) is 28.8 Å². The molecule has 0 aliphatic carbocycles. The maximum absolute atomic E-state index is 13.6. The first-order valence-electron chi connectivity index (χ1n) is 12.9. The Balaban J connectivity index is 1.40. The number of hydrogen-bond donors (Lipinski definition) is 2. The van der Waals surface area contributed by atoms with E-state index in [1.807, 2.05) is 39.0 Å². The van der Waals surface area contributed by atoms with Crippen molar-refractivity contribution in [3.63, 3.8) is 0 Å². The van der Waals surface area contributed by atoms with Crippen LogP contribution >= 0.6 is 7.75 Å². The van der Waals surface area contributed by atoms with Crippen molar-refractivity contribution >= 4 is 25.1 Å². The summed E-state index contributed by atoms with van der Waals surface area (Å²) in [5.74, 6) is 0.500. The third-order valence-corrected chi connectivity index (χ3v) is 8.33. The monoisotopic (exact) mass is 545 g/mol. The minimum atomic E-state index is -3.93. The third-order valence-electron chi connectivity index (χ3n) is 6.84. The normalized spacial score (nSPS) is 21.0. The molecule has 206 valence electrons. The molecule has 38 heavy (non-hydrogen) atoms. The number of fused-ring (bicyclic) bond motifs is 1. The van der Waals surface area contributed by atoms with Crippen LogP contribution in [0.2, 0.25) is 0 Å². The van der Waals surface area contributed by atoms with Crippen molar-refractivity contribution in [3.8, 4) is 5.75 Å². The third kappa shape index (κ3) is 6.71. The number of nitrogen functional groups attached to an aromatic ring is 1. The number of nitrogens with one attached hydrogen (secondary N) is 1. The van der Waals surface area contributed by atoms with Gasteiger partial charge in [-0.15, -0.1) is 0 Å². The number of benzene rings is 1. The van der Waals surface area contributed by atoms with Gasteiger partial charge in [0.25, 0.3) is 0 Å². The molecule has 0 radical (unpaired) electrons. The van der Waals surface area contributed by atoms with Gasteiger partial charge in [0.2, 0.25) is 0 Å². The Hall–Kier alpha value is -2.98. The fourth-order valence-electron chi connectivity index (χ4n) is 4.43. The number of anilines is 1. The lowest BCUT2D eigenvalue weighted by molar-refractivity contribution is -0.143. The molecule has 1 saturated heterocycles. The zero-order valence-electron chi connectivity index (χ0n) is 22.0. The zero-order chi connectivity index (χ0) is 27.2. The Morgan fingerprint density at radius 2 is 2.03 bits per heavy atom. The highest BCUT2D eigenvalue weighted by molar-refractivity contribution is 7.52. The van der Waals surface area contributed by atoms with E-state index in [2.05, 4.69) is 15.2 Å². The van der Waals surface area contributed by atoms with Crippen LogP contribution in [0, 0.1) is 5.92 Å². The lowest BCUT2D eigenvalue weighted by Gasteiger charge is -2.26. The topological polar surface area (TPSA) is 139 Å². The maximum atomic E-state index is 13.6. The van der Waals surface area contributed by atoms with Gasteiger partial charge in [0.05, 0.1) is 25.0 Å². The van der Waals surface area contributed by atoms with Crippen LogP contribution in [0.1, 0.15) is 52.1 Å². The van der Waals surface area contributed by atoms with Crippen molar-refractivity contribution in [2.75, 3.05) is 25.5 Å². The van der Waals surface area contributed by atoms with Crippen LogP contribution in [0.3, 0.4) is 0 Å². The molecule has 1 unspecified atom stereocenters. The van der Waals surface area contributed by atoms with Crippen molar-refractivity contribution in [1.82, 2.24) is 19.7 Å². The van der Waals surface area contributed by atoms with Crippen LogP contribution in [0.25, 0.3) is 5.52 Å². The first-order valence-corrected chi connectivity index (χ1v) is 14.5. The van der Waals surface area contributed by atoms with E-state index in [4.69, 9.17) is 24.3 Å². The Kier molecular flexibility index (Phi) is 9.04. The number of carbonyl (C=O) groups is 1. The summed E-state index contributed by atoms with van der Waals surface area (Å²) in [6, 6.07) is 12.4. The van der Waals surface area contributed by atoms with E-state index in [1.165, 1.54) is 6.33 Å². The lowest BCUT2D eigenvalue weighted by Crippen LogP contribution is -2.29. The number of esters is 1. The molecular weight excluding hydrogens is 509 g/mol. The molecule has 0 bridgehead atoms. The van der Waals surface area contributed by atoms with Crippen molar-refractivity contribution in [3.05, 3.63) is 54.5 Å². The number of para-hydroxylation sites is 1. The number of hydrogen-bond acceptors (Lipinski definition) is 9. The van der Waals surface area contributed by atoms with Crippen LogP contribution < -0.4 is 15.3 Å². The van der Waals surface area contributed by atoms with E-state index in [0.29, 0.717) is 36.5 Å². The Labute approximate surface area is 222 Å². The second-order valence-electron chi connectivity index (χ2n) is 9.57. The number of rotatable bonds is 13. The standard InChI is InChI=1S/C26H36N5O6P/c1-4-19(5-2)16-34-24(32)15-30-38(33,37-20-9-7-6-8-10-20)35-17-21-13-14-26(3,36-21)23-12-11-22-25(27)28-18-29-31(22)23/h6-12,18-19,21H,4-5,13-17H2,1-3H3,(H,30,33)(H2,27,28,29)/t21-,26+,38?/m0/s1. The largest absolute Gasteiger partial charge is 0.464 e. The molecule has 12 heteroatoms. The molecular formula is C26H36N5O6P.